The van der Waals surface area contributed by atoms with Gasteiger partial charge in [-0.15, -0.1) is 23.1 Å². The summed E-state index contributed by atoms with van der Waals surface area (Å²) in [5.74, 6) is 0. The smallest absolute Gasteiger partial charge is 0.0608 e. The van der Waals surface area contributed by atoms with E-state index in [4.69, 9.17) is 0 Å². The maximum Gasteiger partial charge on any atom is 0.0608 e. The second-order valence-electron chi connectivity index (χ2n) is 2.88. The average molecular weight is 399 g/mol. The van der Waals surface area contributed by atoms with Crippen molar-refractivity contribution >= 4 is 71.7 Å². The van der Waals surface area contributed by atoms with E-state index in [2.05, 4.69) is 63.0 Å². The molecule has 4 heteroatoms. The molecule has 0 unspecified atom stereocenters. The van der Waals surface area contributed by atoms with Crippen molar-refractivity contribution in [1.82, 2.24) is 0 Å². The van der Waals surface area contributed by atoms with Crippen LogP contribution in [0.3, 0.4) is 0 Å². The highest BCUT2D eigenvalue weighted by molar-refractivity contribution is 14.1. The third-order valence-electron chi connectivity index (χ3n) is 2.01. The van der Waals surface area contributed by atoms with Gasteiger partial charge in [0.15, 0.2) is 0 Å². The number of hydrogen-bond donors (Lipinski definition) is 0. The van der Waals surface area contributed by atoms with Crippen LogP contribution in [-0.4, -0.2) is 6.26 Å². The van der Waals surface area contributed by atoms with Crippen molar-refractivity contribution < 1.29 is 0 Å². The van der Waals surface area contributed by atoms with Crippen LogP contribution in [0.5, 0.6) is 0 Å². The fraction of sp³-hybridized carbons (Fsp3) is 0.200. The third kappa shape index (κ3) is 2.13. The maximum absolute atomic E-state index is 3.51. The lowest BCUT2D eigenvalue weighted by Gasteiger charge is -1.99. The minimum atomic E-state index is 0.936. The minimum Gasteiger partial charge on any atom is -0.129 e. The van der Waals surface area contributed by atoms with E-state index in [0.717, 1.165) is 5.33 Å². The van der Waals surface area contributed by atoms with E-state index >= 15 is 0 Å². The molecule has 0 fully saturated rings. The first-order valence-corrected chi connectivity index (χ1v) is 8.30. The van der Waals surface area contributed by atoms with Gasteiger partial charge in [-0.2, -0.15) is 0 Å². The SMILES string of the molecule is CSc1cc2cc(CBr)c(I)cc2s1. The number of thioether (sulfide) groups is 1. The molecular formula is C10H8BrIS2. The molecular weight excluding hydrogens is 391 g/mol. The van der Waals surface area contributed by atoms with Gasteiger partial charge in [0.1, 0.15) is 0 Å². The first kappa shape index (κ1) is 11.2. The number of alkyl halides is 1. The number of fused-ring (bicyclic) bond motifs is 1. The molecule has 0 saturated heterocycles. The van der Waals surface area contributed by atoms with E-state index in [0.29, 0.717) is 0 Å². The van der Waals surface area contributed by atoms with Gasteiger partial charge in [-0.25, -0.2) is 0 Å². The van der Waals surface area contributed by atoms with Crippen LogP contribution in [0.2, 0.25) is 0 Å². The van der Waals surface area contributed by atoms with E-state index in [1.165, 1.54) is 23.4 Å². The molecule has 1 aromatic heterocycles. The van der Waals surface area contributed by atoms with Gasteiger partial charge in [-0.1, -0.05) is 15.9 Å². The Hall–Kier alpha value is 0.740. The summed E-state index contributed by atoms with van der Waals surface area (Å²) >= 11 is 9.60. The lowest BCUT2D eigenvalue weighted by atomic mass is 10.2. The molecule has 0 saturated carbocycles. The highest BCUT2D eigenvalue weighted by Crippen LogP contribution is 2.34. The number of thiophene rings is 1. The maximum atomic E-state index is 3.51. The van der Waals surface area contributed by atoms with Crippen LogP contribution < -0.4 is 0 Å². The van der Waals surface area contributed by atoms with Crippen molar-refractivity contribution in [2.24, 2.45) is 0 Å². The molecule has 0 radical (unpaired) electrons. The van der Waals surface area contributed by atoms with Crippen molar-refractivity contribution in [3.05, 3.63) is 27.3 Å². The van der Waals surface area contributed by atoms with Crippen LogP contribution >= 0.6 is 61.6 Å². The monoisotopic (exact) mass is 398 g/mol. The van der Waals surface area contributed by atoms with Gasteiger partial charge >= 0.3 is 0 Å². The summed E-state index contributed by atoms with van der Waals surface area (Å²) in [5.41, 5.74) is 1.38. The second-order valence-corrected chi connectivity index (χ2v) is 6.80. The van der Waals surface area contributed by atoms with Crippen LogP contribution in [0.4, 0.5) is 0 Å². The Labute approximate surface area is 114 Å². The van der Waals surface area contributed by atoms with Gasteiger partial charge < -0.3 is 0 Å². The number of hydrogen-bond acceptors (Lipinski definition) is 2. The average Bonchev–Trinajstić information content (AvgIpc) is 2.58. The second kappa shape index (κ2) is 4.72. The Morgan fingerprint density at radius 1 is 1.43 bits per heavy atom. The normalized spacial score (nSPS) is 11.1. The van der Waals surface area contributed by atoms with Crippen LogP contribution in [0.25, 0.3) is 10.1 Å². The molecule has 0 atom stereocenters. The van der Waals surface area contributed by atoms with E-state index in [-0.39, 0.29) is 0 Å². The van der Waals surface area contributed by atoms with E-state index in [1.807, 2.05) is 23.1 Å². The molecule has 2 rings (SSSR count). The summed E-state index contributed by atoms with van der Waals surface area (Å²) in [4.78, 5) is 0. The summed E-state index contributed by atoms with van der Waals surface area (Å²) in [5, 5.41) is 2.31. The Bertz CT molecular complexity index is 464. The minimum absolute atomic E-state index is 0.936. The van der Waals surface area contributed by atoms with Gasteiger partial charge in [-0.3, -0.25) is 0 Å². The molecule has 1 aromatic carbocycles. The Balaban J connectivity index is 2.64. The Morgan fingerprint density at radius 2 is 2.21 bits per heavy atom. The quantitative estimate of drug-likeness (QED) is 0.384. The summed E-state index contributed by atoms with van der Waals surface area (Å²) < 4.78 is 4.13. The van der Waals surface area contributed by atoms with Crippen LogP contribution in [0, 0.1) is 3.57 Å². The molecule has 14 heavy (non-hydrogen) atoms. The lowest BCUT2D eigenvalue weighted by Crippen LogP contribution is -1.81. The third-order valence-corrected chi connectivity index (χ3v) is 5.78. The van der Waals surface area contributed by atoms with Gasteiger partial charge in [0.25, 0.3) is 0 Å². The van der Waals surface area contributed by atoms with Crippen molar-refractivity contribution in [3.63, 3.8) is 0 Å². The van der Waals surface area contributed by atoms with Gasteiger partial charge in [0, 0.05) is 13.6 Å². The van der Waals surface area contributed by atoms with E-state index in [1.54, 1.807) is 0 Å². The summed E-state index contributed by atoms with van der Waals surface area (Å²) in [6.45, 7) is 0. The van der Waals surface area contributed by atoms with Crippen molar-refractivity contribution in [2.45, 2.75) is 9.54 Å². The number of rotatable bonds is 2. The molecule has 0 amide bonds. The topological polar surface area (TPSA) is 0 Å². The molecule has 0 nitrogen and oxygen atoms in total. The molecule has 1 heterocycles. The molecule has 0 bridgehead atoms. The highest BCUT2D eigenvalue weighted by atomic mass is 127. The summed E-state index contributed by atoms with van der Waals surface area (Å²) in [7, 11) is 0. The zero-order valence-corrected chi connectivity index (χ0v) is 12.9. The first-order valence-electron chi connectivity index (χ1n) is 4.06. The standard InChI is InChI=1S/C10H8BrIS2/c1-13-10-3-6-2-7(5-11)8(12)4-9(6)14-10/h2-4H,5H2,1H3. The van der Waals surface area contributed by atoms with E-state index in [9.17, 15) is 0 Å². The zero-order chi connectivity index (χ0) is 10.1. The number of halogens is 2. The predicted octanol–water partition coefficient (Wildman–Crippen LogP) is 5.12. The summed E-state index contributed by atoms with van der Waals surface area (Å²) in [6.07, 6.45) is 2.13. The summed E-state index contributed by atoms with van der Waals surface area (Å²) in [6, 6.07) is 6.83. The first-order chi connectivity index (χ1) is 6.74. The van der Waals surface area contributed by atoms with Crippen LogP contribution in [0.15, 0.2) is 22.4 Å². The highest BCUT2D eigenvalue weighted by Gasteiger charge is 2.05. The van der Waals surface area contributed by atoms with Gasteiger partial charge in [0.2, 0.25) is 0 Å². The molecule has 0 aliphatic heterocycles. The van der Waals surface area contributed by atoms with Crippen LogP contribution in [-0.2, 0) is 5.33 Å². The largest absolute Gasteiger partial charge is 0.129 e. The Morgan fingerprint density at radius 3 is 2.86 bits per heavy atom. The van der Waals surface area contributed by atoms with Crippen molar-refractivity contribution in [2.75, 3.05) is 6.26 Å². The molecule has 74 valence electrons. The predicted molar refractivity (Wildman–Crippen MR) is 79.0 cm³/mol. The molecule has 0 spiro atoms. The van der Waals surface area contributed by atoms with Gasteiger partial charge in [0.05, 0.1) is 4.21 Å². The van der Waals surface area contributed by atoms with Gasteiger partial charge in [-0.05, 0) is 58.0 Å². The fourth-order valence-electron chi connectivity index (χ4n) is 1.29. The lowest BCUT2D eigenvalue weighted by molar-refractivity contribution is 1.43. The fourth-order valence-corrected chi connectivity index (χ4v) is 4.81. The number of benzene rings is 1. The Kier molecular flexibility index (Phi) is 3.79. The molecule has 0 N–H and O–H groups in total. The molecule has 0 aliphatic rings. The van der Waals surface area contributed by atoms with Crippen molar-refractivity contribution in [3.8, 4) is 0 Å². The zero-order valence-electron chi connectivity index (χ0n) is 7.51. The van der Waals surface area contributed by atoms with E-state index < -0.39 is 0 Å². The van der Waals surface area contributed by atoms with Crippen molar-refractivity contribution in [1.29, 1.82) is 0 Å². The molecule has 0 aliphatic carbocycles. The molecule has 2 aromatic rings. The van der Waals surface area contributed by atoms with Crippen LogP contribution in [0.1, 0.15) is 5.56 Å².